The number of aromatic nitrogens is 1. The van der Waals surface area contributed by atoms with Crippen molar-refractivity contribution in [1.29, 1.82) is 0 Å². The Morgan fingerprint density at radius 1 is 1.39 bits per heavy atom. The fraction of sp³-hybridized carbons (Fsp3) is 0.308. The lowest BCUT2D eigenvalue weighted by atomic mass is 9.91. The van der Waals surface area contributed by atoms with E-state index in [1.54, 1.807) is 12.5 Å². The third kappa shape index (κ3) is 2.14. The predicted octanol–water partition coefficient (Wildman–Crippen LogP) is 2.34. The summed E-state index contributed by atoms with van der Waals surface area (Å²) >= 11 is 0. The Bertz CT molecular complexity index is 514. The van der Waals surface area contributed by atoms with Crippen molar-refractivity contribution >= 4 is 12.4 Å². The van der Waals surface area contributed by atoms with Gasteiger partial charge in [0.15, 0.2) is 0 Å². The molecule has 1 aliphatic rings. The zero-order chi connectivity index (χ0) is 11.7. The minimum atomic E-state index is 0. The van der Waals surface area contributed by atoms with Crippen LogP contribution in [0.15, 0.2) is 35.2 Å². The van der Waals surface area contributed by atoms with Crippen LogP contribution in [0, 0.1) is 0 Å². The number of benzene rings is 1. The van der Waals surface area contributed by atoms with E-state index in [-0.39, 0.29) is 18.5 Å². The molecule has 1 aromatic heterocycles. The lowest BCUT2D eigenvalue weighted by Gasteiger charge is -2.26. The molecule has 1 aliphatic heterocycles. The van der Waals surface area contributed by atoms with Crippen LogP contribution in [0.4, 0.5) is 0 Å². The molecule has 0 bridgehead atoms. The smallest absolute Gasteiger partial charge is 0.131 e. The van der Waals surface area contributed by atoms with Gasteiger partial charge in [-0.3, -0.25) is 0 Å². The molecule has 0 unspecified atom stereocenters. The number of nitrogens with two attached hydrogens (primary N) is 1. The summed E-state index contributed by atoms with van der Waals surface area (Å²) in [4.78, 5) is 0. The molecule has 0 saturated carbocycles. The van der Waals surface area contributed by atoms with E-state index in [1.807, 2.05) is 6.07 Å². The molecule has 1 aromatic carbocycles. The number of rotatable bonds is 2. The Morgan fingerprint density at radius 3 is 3.00 bits per heavy atom. The molecule has 5 heteroatoms. The molecule has 1 atom stereocenters. The van der Waals surface area contributed by atoms with Crippen molar-refractivity contribution in [2.75, 3.05) is 13.2 Å². The monoisotopic (exact) mass is 266 g/mol. The second kappa shape index (κ2) is 5.52. The van der Waals surface area contributed by atoms with Gasteiger partial charge in [0.2, 0.25) is 0 Å². The van der Waals surface area contributed by atoms with Crippen molar-refractivity contribution in [3.8, 4) is 11.1 Å². The largest absolute Gasteiger partial charge is 0.372 e. The molecule has 2 aromatic rings. The van der Waals surface area contributed by atoms with Gasteiger partial charge < -0.3 is 15.0 Å². The molecule has 3 rings (SSSR count). The molecule has 96 valence electrons. The first-order chi connectivity index (χ1) is 8.40. The molecule has 18 heavy (non-hydrogen) atoms. The minimum absolute atomic E-state index is 0. The topological polar surface area (TPSA) is 61.3 Å². The minimum Gasteiger partial charge on any atom is -0.372 e. The molecule has 0 saturated heterocycles. The molecule has 0 radical (unpaired) electrons. The van der Waals surface area contributed by atoms with Gasteiger partial charge in [0.05, 0.1) is 18.9 Å². The van der Waals surface area contributed by atoms with E-state index in [1.165, 1.54) is 16.7 Å². The summed E-state index contributed by atoms with van der Waals surface area (Å²) in [5, 5.41) is 3.76. The van der Waals surface area contributed by atoms with Crippen molar-refractivity contribution in [3.63, 3.8) is 0 Å². The summed E-state index contributed by atoms with van der Waals surface area (Å²) in [6.07, 6.45) is 4.33. The van der Waals surface area contributed by atoms with E-state index >= 15 is 0 Å². The number of halogens is 1. The highest BCUT2D eigenvalue weighted by atomic mass is 35.5. The number of hydrogen-bond donors (Lipinski definition) is 1. The summed E-state index contributed by atoms with van der Waals surface area (Å²) in [5.74, 6) is 0. The molecule has 0 spiro atoms. The zero-order valence-electron chi connectivity index (χ0n) is 9.83. The second-order valence-electron chi connectivity index (χ2n) is 4.13. The standard InChI is InChI=1S/C13H14N2O2.ClH/c14-6-13-12-3-1-2-10(9-7-15-17-8-9)11(12)4-5-16-13;/h1-3,7-8,13H,4-6,14H2;1H/t13-;/m1./s1. The molecule has 0 aliphatic carbocycles. The van der Waals surface area contributed by atoms with Gasteiger partial charge in [-0.2, -0.15) is 0 Å². The maximum atomic E-state index is 5.73. The van der Waals surface area contributed by atoms with Crippen LogP contribution in [-0.2, 0) is 11.2 Å². The molecular formula is C13H15ClN2O2. The van der Waals surface area contributed by atoms with Gasteiger partial charge in [-0.05, 0) is 23.1 Å². The maximum Gasteiger partial charge on any atom is 0.131 e. The summed E-state index contributed by atoms with van der Waals surface area (Å²) in [6, 6.07) is 6.20. The van der Waals surface area contributed by atoms with Gasteiger partial charge in [-0.1, -0.05) is 23.4 Å². The molecule has 2 N–H and O–H groups in total. The van der Waals surface area contributed by atoms with Crippen LogP contribution in [0.1, 0.15) is 17.2 Å². The van der Waals surface area contributed by atoms with Gasteiger partial charge in [0.25, 0.3) is 0 Å². The van der Waals surface area contributed by atoms with Crippen molar-refractivity contribution in [3.05, 3.63) is 41.8 Å². The Hall–Kier alpha value is -1.36. The summed E-state index contributed by atoms with van der Waals surface area (Å²) in [6.45, 7) is 1.23. The third-order valence-electron chi connectivity index (χ3n) is 3.19. The third-order valence-corrected chi connectivity index (χ3v) is 3.19. The normalized spacial score (nSPS) is 17.9. The quantitative estimate of drug-likeness (QED) is 0.906. The van der Waals surface area contributed by atoms with Crippen molar-refractivity contribution in [1.82, 2.24) is 5.16 Å². The average molecular weight is 267 g/mol. The van der Waals surface area contributed by atoms with Gasteiger partial charge in [0, 0.05) is 12.1 Å². The van der Waals surface area contributed by atoms with E-state index in [2.05, 4.69) is 17.3 Å². The number of nitrogens with zero attached hydrogens (tertiary/aromatic N) is 1. The SMILES string of the molecule is Cl.NC[C@H]1OCCc2c(-c3cnoc3)cccc21. The van der Waals surface area contributed by atoms with Gasteiger partial charge in [-0.15, -0.1) is 12.4 Å². The highest BCUT2D eigenvalue weighted by Crippen LogP contribution is 2.33. The molecule has 0 amide bonds. The zero-order valence-corrected chi connectivity index (χ0v) is 10.7. The highest BCUT2D eigenvalue weighted by molar-refractivity contribution is 5.85. The predicted molar refractivity (Wildman–Crippen MR) is 70.6 cm³/mol. The molecular weight excluding hydrogens is 252 g/mol. The van der Waals surface area contributed by atoms with E-state index < -0.39 is 0 Å². The van der Waals surface area contributed by atoms with Crippen LogP contribution in [0.5, 0.6) is 0 Å². The lowest BCUT2D eigenvalue weighted by molar-refractivity contribution is 0.0486. The number of ether oxygens (including phenoxy) is 1. The molecule has 4 nitrogen and oxygen atoms in total. The van der Waals surface area contributed by atoms with Crippen LogP contribution >= 0.6 is 12.4 Å². The fourth-order valence-corrected chi connectivity index (χ4v) is 2.38. The highest BCUT2D eigenvalue weighted by Gasteiger charge is 2.22. The Morgan fingerprint density at radius 2 is 2.28 bits per heavy atom. The van der Waals surface area contributed by atoms with E-state index in [9.17, 15) is 0 Å². The van der Waals surface area contributed by atoms with Crippen molar-refractivity contribution in [2.45, 2.75) is 12.5 Å². The van der Waals surface area contributed by atoms with Crippen LogP contribution in [0.3, 0.4) is 0 Å². The van der Waals surface area contributed by atoms with Gasteiger partial charge in [-0.25, -0.2) is 0 Å². The van der Waals surface area contributed by atoms with Crippen LogP contribution in [0.25, 0.3) is 11.1 Å². The average Bonchev–Trinajstić information content (AvgIpc) is 2.91. The van der Waals surface area contributed by atoms with Crippen molar-refractivity contribution < 1.29 is 9.26 Å². The van der Waals surface area contributed by atoms with Crippen LogP contribution < -0.4 is 5.73 Å². The summed E-state index contributed by atoms with van der Waals surface area (Å²) in [5.41, 5.74) is 10.4. The first kappa shape index (κ1) is 13.1. The number of hydrogen-bond acceptors (Lipinski definition) is 4. The fourth-order valence-electron chi connectivity index (χ4n) is 2.38. The number of fused-ring (bicyclic) bond motifs is 1. The Kier molecular flexibility index (Phi) is 4.01. The maximum absolute atomic E-state index is 5.73. The van der Waals surface area contributed by atoms with E-state index in [4.69, 9.17) is 15.0 Å². The Balaban J connectivity index is 0.00000120. The van der Waals surface area contributed by atoms with Crippen molar-refractivity contribution in [2.24, 2.45) is 5.73 Å². The summed E-state index contributed by atoms with van der Waals surface area (Å²) in [7, 11) is 0. The molecule has 0 fully saturated rings. The first-order valence-electron chi connectivity index (χ1n) is 5.73. The van der Waals surface area contributed by atoms with Crippen LogP contribution in [-0.4, -0.2) is 18.3 Å². The second-order valence-corrected chi connectivity index (χ2v) is 4.13. The lowest BCUT2D eigenvalue weighted by Crippen LogP contribution is -2.23. The van der Waals surface area contributed by atoms with Gasteiger partial charge >= 0.3 is 0 Å². The first-order valence-corrected chi connectivity index (χ1v) is 5.73. The van der Waals surface area contributed by atoms with E-state index in [0.717, 1.165) is 18.6 Å². The van der Waals surface area contributed by atoms with Crippen LogP contribution in [0.2, 0.25) is 0 Å². The van der Waals surface area contributed by atoms with E-state index in [0.29, 0.717) is 6.54 Å². The summed E-state index contributed by atoms with van der Waals surface area (Å²) < 4.78 is 10.6. The van der Waals surface area contributed by atoms with Gasteiger partial charge in [0.1, 0.15) is 6.26 Å². The Labute approximate surface area is 112 Å². The molecule has 2 heterocycles.